The first-order chi connectivity index (χ1) is 14.0. The maximum atomic E-state index is 12.6. The van der Waals surface area contributed by atoms with Crippen molar-refractivity contribution in [3.63, 3.8) is 0 Å². The summed E-state index contributed by atoms with van der Waals surface area (Å²) >= 11 is 0. The number of nitrogens with zero attached hydrogens (tertiary/aromatic N) is 1. The molecule has 2 aromatic rings. The molecule has 9 heteroatoms. The summed E-state index contributed by atoms with van der Waals surface area (Å²) in [5.41, 5.74) is 0.855. The Morgan fingerprint density at radius 3 is 2.48 bits per heavy atom. The maximum Gasteiger partial charge on any atom is 0.311 e. The molecule has 0 aliphatic carbocycles. The normalized spacial score (nSPS) is 16.6. The number of sulfonamides is 1. The first kappa shape index (κ1) is 19.7. The van der Waals surface area contributed by atoms with E-state index in [9.17, 15) is 13.2 Å². The molecule has 0 radical (unpaired) electrons. The standard InChI is InChI=1S/C20H21NO7S/c22-20(28-16-4-7-18-19(13-16)27-14-26-18)8-3-15-1-5-17(6-2-15)29(23,24)21-9-11-25-12-10-21/h1-2,4-7,13H,3,8-12,14H2. The lowest BCUT2D eigenvalue weighted by Gasteiger charge is -2.26. The van der Waals surface area contributed by atoms with E-state index in [0.29, 0.717) is 50.0 Å². The minimum atomic E-state index is -3.52. The number of carbonyl (C=O) groups excluding carboxylic acids is 1. The quantitative estimate of drug-likeness (QED) is 0.522. The van der Waals surface area contributed by atoms with Gasteiger partial charge in [0.15, 0.2) is 11.5 Å². The summed E-state index contributed by atoms with van der Waals surface area (Å²) in [5.74, 6) is 1.18. The molecule has 2 aliphatic heterocycles. The molecular formula is C20H21NO7S. The van der Waals surface area contributed by atoms with E-state index in [0.717, 1.165) is 5.56 Å². The van der Waals surface area contributed by atoms with Gasteiger partial charge in [-0.05, 0) is 36.2 Å². The van der Waals surface area contributed by atoms with Gasteiger partial charge in [0, 0.05) is 25.6 Å². The van der Waals surface area contributed by atoms with E-state index in [2.05, 4.69) is 0 Å². The van der Waals surface area contributed by atoms with Crippen molar-refractivity contribution in [2.24, 2.45) is 0 Å². The summed E-state index contributed by atoms with van der Waals surface area (Å²) in [6.45, 7) is 1.68. The van der Waals surface area contributed by atoms with Crippen LogP contribution < -0.4 is 14.2 Å². The first-order valence-electron chi connectivity index (χ1n) is 9.29. The topological polar surface area (TPSA) is 91.4 Å². The second-order valence-electron chi connectivity index (χ2n) is 6.65. The van der Waals surface area contributed by atoms with Gasteiger partial charge in [-0.1, -0.05) is 12.1 Å². The van der Waals surface area contributed by atoms with Crippen LogP contribution in [0.4, 0.5) is 0 Å². The molecular weight excluding hydrogens is 398 g/mol. The van der Waals surface area contributed by atoms with Crippen molar-refractivity contribution < 1.29 is 32.2 Å². The molecule has 154 valence electrons. The minimum Gasteiger partial charge on any atom is -0.454 e. The van der Waals surface area contributed by atoms with Crippen molar-refractivity contribution in [1.29, 1.82) is 0 Å². The van der Waals surface area contributed by atoms with Crippen LogP contribution in [0, 0.1) is 0 Å². The Morgan fingerprint density at radius 2 is 1.72 bits per heavy atom. The largest absolute Gasteiger partial charge is 0.454 e. The van der Waals surface area contributed by atoms with Crippen molar-refractivity contribution in [3.8, 4) is 17.2 Å². The first-order valence-corrected chi connectivity index (χ1v) is 10.7. The smallest absolute Gasteiger partial charge is 0.311 e. The molecule has 0 atom stereocenters. The minimum absolute atomic E-state index is 0.157. The van der Waals surface area contributed by atoms with Crippen LogP contribution in [0.2, 0.25) is 0 Å². The summed E-state index contributed by atoms with van der Waals surface area (Å²) in [7, 11) is -3.52. The van der Waals surface area contributed by atoms with Gasteiger partial charge in [0.2, 0.25) is 16.8 Å². The number of hydrogen-bond acceptors (Lipinski definition) is 7. The molecule has 0 aromatic heterocycles. The predicted octanol–water partition coefficient (Wildman–Crippen LogP) is 1.97. The average Bonchev–Trinajstić information content (AvgIpc) is 3.21. The molecule has 1 saturated heterocycles. The number of rotatable bonds is 6. The van der Waals surface area contributed by atoms with Crippen molar-refractivity contribution in [1.82, 2.24) is 4.31 Å². The van der Waals surface area contributed by atoms with Gasteiger partial charge < -0.3 is 18.9 Å². The Kier molecular flexibility index (Phi) is 5.70. The zero-order chi connectivity index (χ0) is 20.3. The van der Waals surface area contributed by atoms with Crippen molar-refractivity contribution in [3.05, 3.63) is 48.0 Å². The van der Waals surface area contributed by atoms with E-state index in [4.69, 9.17) is 18.9 Å². The highest BCUT2D eigenvalue weighted by Gasteiger charge is 2.26. The average molecular weight is 419 g/mol. The van der Waals surface area contributed by atoms with Gasteiger partial charge in [0.05, 0.1) is 18.1 Å². The van der Waals surface area contributed by atoms with Crippen LogP contribution in [0.1, 0.15) is 12.0 Å². The molecule has 0 bridgehead atoms. The maximum absolute atomic E-state index is 12.6. The van der Waals surface area contributed by atoms with Gasteiger partial charge >= 0.3 is 5.97 Å². The van der Waals surface area contributed by atoms with E-state index in [-0.39, 0.29) is 24.1 Å². The second kappa shape index (κ2) is 8.40. The summed E-state index contributed by atoms with van der Waals surface area (Å²) in [6, 6.07) is 11.6. The number of ether oxygens (including phenoxy) is 4. The lowest BCUT2D eigenvalue weighted by molar-refractivity contribution is -0.134. The summed E-state index contributed by atoms with van der Waals surface area (Å²) in [6.07, 6.45) is 0.616. The van der Waals surface area contributed by atoms with Crippen LogP contribution in [0.5, 0.6) is 17.2 Å². The zero-order valence-corrected chi connectivity index (χ0v) is 16.5. The number of esters is 1. The van der Waals surface area contributed by atoms with Gasteiger partial charge in [-0.3, -0.25) is 4.79 Å². The Balaban J connectivity index is 1.32. The number of fused-ring (bicyclic) bond motifs is 1. The molecule has 29 heavy (non-hydrogen) atoms. The summed E-state index contributed by atoms with van der Waals surface area (Å²) in [4.78, 5) is 12.4. The second-order valence-corrected chi connectivity index (χ2v) is 8.59. The Labute approximate surface area is 169 Å². The highest BCUT2D eigenvalue weighted by molar-refractivity contribution is 7.89. The Hall–Kier alpha value is -2.62. The third kappa shape index (κ3) is 4.52. The SMILES string of the molecule is O=C(CCc1ccc(S(=O)(=O)N2CCOCC2)cc1)Oc1ccc2c(c1)OCO2. The van der Waals surface area contributed by atoms with Crippen LogP contribution >= 0.6 is 0 Å². The fourth-order valence-corrected chi connectivity index (χ4v) is 4.54. The van der Waals surface area contributed by atoms with E-state index >= 15 is 0 Å². The van der Waals surface area contributed by atoms with Crippen molar-refractivity contribution >= 4 is 16.0 Å². The number of benzene rings is 2. The van der Waals surface area contributed by atoms with Gasteiger partial charge in [-0.2, -0.15) is 4.31 Å². The molecule has 0 saturated carbocycles. The van der Waals surface area contributed by atoms with Crippen molar-refractivity contribution in [2.45, 2.75) is 17.7 Å². The van der Waals surface area contributed by atoms with E-state index in [1.54, 1.807) is 42.5 Å². The molecule has 4 rings (SSSR count). The Bertz CT molecular complexity index is 982. The number of carbonyl (C=O) groups is 1. The van der Waals surface area contributed by atoms with Gasteiger partial charge in [0.1, 0.15) is 5.75 Å². The molecule has 0 unspecified atom stereocenters. The molecule has 2 heterocycles. The third-order valence-electron chi connectivity index (χ3n) is 4.72. The number of hydrogen-bond donors (Lipinski definition) is 0. The van der Waals surface area contributed by atoms with Crippen LogP contribution in [-0.2, 0) is 26.0 Å². The molecule has 2 aromatic carbocycles. The van der Waals surface area contributed by atoms with Crippen LogP contribution in [0.3, 0.4) is 0 Å². The predicted molar refractivity (Wildman–Crippen MR) is 103 cm³/mol. The Morgan fingerprint density at radius 1 is 1.00 bits per heavy atom. The molecule has 0 N–H and O–H groups in total. The summed E-state index contributed by atoms with van der Waals surface area (Å²) in [5, 5.41) is 0. The lowest BCUT2D eigenvalue weighted by Crippen LogP contribution is -2.40. The molecule has 1 fully saturated rings. The van der Waals surface area contributed by atoms with Gasteiger partial charge in [-0.15, -0.1) is 0 Å². The molecule has 0 amide bonds. The van der Waals surface area contributed by atoms with Crippen molar-refractivity contribution in [2.75, 3.05) is 33.1 Å². The van der Waals surface area contributed by atoms with E-state index < -0.39 is 10.0 Å². The number of aryl methyl sites for hydroxylation is 1. The van der Waals surface area contributed by atoms with Crippen LogP contribution in [0.15, 0.2) is 47.4 Å². The fourth-order valence-electron chi connectivity index (χ4n) is 3.13. The van der Waals surface area contributed by atoms with Crippen LogP contribution in [-0.4, -0.2) is 51.8 Å². The van der Waals surface area contributed by atoms with Gasteiger partial charge in [-0.25, -0.2) is 8.42 Å². The van der Waals surface area contributed by atoms with E-state index in [1.165, 1.54) is 4.31 Å². The zero-order valence-electron chi connectivity index (χ0n) is 15.7. The highest BCUT2D eigenvalue weighted by atomic mass is 32.2. The monoisotopic (exact) mass is 419 g/mol. The fraction of sp³-hybridized carbons (Fsp3) is 0.350. The molecule has 2 aliphatic rings. The summed E-state index contributed by atoms with van der Waals surface area (Å²) < 4.78 is 47.7. The molecule has 0 spiro atoms. The van der Waals surface area contributed by atoms with E-state index in [1.807, 2.05) is 0 Å². The molecule has 8 nitrogen and oxygen atoms in total. The van der Waals surface area contributed by atoms with Gasteiger partial charge in [0.25, 0.3) is 0 Å². The number of morpholine rings is 1. The highest BCUT2D eigenvalue weighted by Crippen LogP contribution is 2.35. The third-order valence-corrected chi connectivity index (χ3v) is 6.64. The van der Waals surface area contributed by atoms with Crippen LogP contribution in [0.25, 0.3) is 0 Å². The lowest BCUT2D eigenvalue weighted by atomic mass is 10.1.